The molecule has 144 valence electrons. The maximum Gasteiger partial charge on any atom is 0.258 e. The van der Waals surface area contributed by atoms with E-state index in [9.17, 15) is 26.4 Å². The first-order valence-electron chi connectivity index (χ1n) is 7.90. The van der Waals surface area contributed by atoms with Gasteiger partial charge in [-0.2, -0.15) is 4.31 Å². The molecule has 0 atom stereocenters. The molecule has 0 unspecified atom stereocenters. The van der Waals surface area contributed by atoms with Crippen molar-refractivity contribution < 1.29 is 26.4 Å². The van der Waals surface area contributed by atoms with Gasteiger partial charge in [-0.25, -0.2) is 21.6 Å². The Morgan fingerprint density at radius 3 is 2.22 bits per heavy atom. The van der Waals surface area contributed by atoms with Crippen LogP contribution in [0.3, 0.4) is 0 Å². The summed E-state index contributed by atoms with van der Waals surface area (Å²) in [6, 6.07) is 6.07. The summed E-state index contributed by atoms with van der Waals surface area (Å²) in [4.78, 5) is 13.1. The maximum atomic E-state index is 13.9. The number of carbonyl (C=O) groups excluding carboxylic acids is 1. The number of hydrogen-bond acceptors (Lipinski definition) is 3. The van der Waals surface area contributed by atoms with Crippen LogP contribution >= 0.6 is 11.6 Å². The fourth-order valence-electron chi connectivity index (χ4n) is 2.82. The van der Waals surface area contributed by atoms with Gasteiger partial charge in [0, 0.05) is 32.2 Å². The number of piperazine rings is 1. The van der Waals surface area contributed by atoms with E-state index in [4.69, 9.17) is 11.6 Å². The summed E-state index contributed by atoms with van der Waals surface area (Å²) < 4.78 is 66.9. The summed E-state index contributed by atoms with van der Waals surface area (Å²) >= 11 is 5.89. The first-order chi connectivity index (χ1) is 12.7. The monoisotopic (exact) mass is 418 g/mol. The zero-order valence-corrected chi connectivity index (χ0v) is 15.4. The molecule has 2 aromatic carbocycles. The number of carbonyl (C=O) groups is 1. The molecule has 1 heterocycles. The van der Waals surface area contributed by atoms with E-state index in [0.717, 1.165) is 22.5 Å². The second kappa shape index (κ2) is 7.49. The molecule has 1 saturated heterocycles. The summed E-state index contributed by atoms with van der Waals surface area (Å²) in [5.41, 5.74) is -0.278. The van der Waals surface area contributed by atoms with Gasteiger partial charge in [-0.3, -0.25) is 4.79 Å². The van der Waals surface area contributed by atoms with Crippen molar-refractivity contribution in [3.05, 3.63) is 64.4 Å². The number of benzene rings is 2. The van der Waals surface area contributed by atoms with Crippen molar-refractivity contribution in [3.8, 4) is 0 Å². The fraction of sp³-hybridized carbons (Fsp3) is 0.235. The Balaban J connectivity index is 1.76. The van der Waals surface area contributed by atoms with Crippen LogP contribution < -0.4 is 0 Å². The predicted molar refractivity (Wildman–Crippen MR) is 92.4 cm³/mol. The Bertz CT molecular complexity index is 973. The smallest absolute Gasteiger partial charge is 0.258 e. The maximum absolute atomic E-state index is 13.9. The van der Waals surface area contributed by atoms with E-state index < -0.39 is 38.3 Å². The Kier molecular flexibility index (Phi) is 5.45. The lowest BCUT2D eigenvalue weighted by atomic mass is 10.1. The van der Waals surface area contributed by atoms with Crippen LogP contribution in [-0.2, 0) is 10.0 Å². The SMILES string of the molecule is O=C(c1c(F)cccc1Cl)N1CCN(S(=O)(=O)c2ccc(F)cc2F)CC1. The molecule has 0 N–H and O–H groups in total. The van der Waals surface area contributed by atoms with Gasteiger partial charge >= 0.3 is 0 Å². The van der Waals surface area contributed by atoms with Gasteiger partial charge in [0.05, 0.1) is 10.6 Å². The lowest BCUT2D eigenvalue weighted by Gasteiger charge is -2.34. The molecular weight excluding hydrogens is 405 g/mol. The normalized spacial score (nSPS) is 15.8. The second-order valence-corrected chi connectivity index (χ2v) is 8.18. The quantitative estimate of drug-likeness (QED) is 0.770. The van der Waals surface area contributed by atoms with E-state index in [1.165, 1.54) is 17.0 Å². The molecule has 0 radical (unpaired) electrons. The van der Waals surface area contributed by atoms with Crippen molar-refractivity contribution in [1.82, 2.24) is 9.21 Å². The summed E-state index contributed by atoms with van der Waals surface area (Å²) in [5.74, 6) is -3.49. The van der Waals surface area contributed by atoms with E-state index in [0.29, 0.717) is 6.07 Å². The minimum atomic E-state index is -4.19. The average molecular weight is 419 g/mol. The highest BCUT2D eigenvalue weighted by atomic mass is 35.5. The van der Waals surface area contributed by atoms with E-state index in [1.807, 2.05) is 0 Å². The molecule has 3 rings (SSSR count). The zero-order valence-electron chi connectivity index (χ0n) is 13.8. The molecule has 0 spiro atoms. The Labute approximate surface area is 159 Å². The molecule has 10 heteroatoms. The highest BCUT2D eigenvalue weighted by Gasteiger charge is 2.33. The summed E-state index contributed by atoms with van der Waals surface area (Å²) in [6.45, 7) is -0.273. The van der Waals surface area contributed by atoms with Gasteiger partial charge in [-0.05, 0) is 24.3 Å². The average Bonchev–Trinajstić information content (AvgIpc) is 2.61. The molecule has 2 aromatic rings. The minimum Gasteiger partial charge on any atom is -0.336 e. The van der Waals surface area contributed by atoms with E-state index in [-0.39, 0.29) is 36.8 Å². The van der Waals surface area contributed by atoms with Crippen LogP contribution in [0, 0.1) is 17.5 Å². The van der Waals surface area contributed by atoms with E-state index in [2.05, 4.69) is 0 Å². The summed E-state index contributed by atoms with van der Waals surface area (Å²) in [6.07, 6.45) is 0. The van der Waals surface area contributed by atoms with Gasteiger partial charge in [0.1, 0.15) is 22.3 Å². The number of amides is 1. The predicted octanol–water partition coefficient (Wildman–Crippen LogP) is 2.90. The van der Waals surface area contributed by atoms with Crippen LogP contribution in [0.1, 0.15) is 10.4 Å². The van der Waals surface area contributed by atoms with Gasteiger partial charge in [0.25, 0.3) is 5.91 Å². The van der Waals surface area contributed by atoms with Gasteiger partial charge < -0.3 is 4.90 Å². The molecule has 1 aliphatic rings. The second-order valence-electron chi connectivity index (χ2n) is 5.87. The van der Waals surface area contributed by atoms with Gasteiger partial charge in [-0.15, -0.1) is 0 Å². The molecule has 5 nitrogen and oxygen atoms in total. The fourth-order valence-corrected chi connectivity index (χ4v) is 4.53. The molecular formula is C17H14ClF3N2O3S. The van der Waals surface area contributed by atoms with Crippen molar-refractivity contribution in [3.63, 3.8) is 0 Å². The molecule has 1 amide bonds. The van der Waals surface area contributed by atoms with Crippen molar-refractivity contribution >= 4 is 27.5 Å². The van der Waals surface area contributed by atoms with Crippen LogP contribution in [-0.4, -0.2) is 49.7 Å². The molecule has 1 fully saturated rings. The number of hydrogen-bond donors (Lipinski definition) is 0. The highest BCUT2D eigenvalue weighted by molar-refractivity contribution is 7.89. The van der Waals surface area contributed by atoms with Crippen LogP contribution in [0.4, 0.5) is 13.2 Å². The third kappa shape index (κ3) is 3.80. The molecule has 27 heavy (non-hydrogen) atoms. The van der Waals surface area contributed by atoms with Crippen LogP contribution in [0.25, 0.3) is 0 Å². The highest BCUT2D eigenvalue weighted by Crippen LogP contribution is 2.24. The molecule has 0 bridgehead atoms. The van der Waals surface area contributed by atoms with Crippen LogP contribution in [0.15, 0.2) is 41.3 Å². The molecule has 1 aliphatic heterocycles. The summed E-state index contributed by atoms with van der Waals surface area (Å²) in [7, 11) is -4.19. The molecule has 0 aliphatic carbocycles. The number of halogens is 4. The lowest BCUT2D eigenvalue weighted by Crippen LogP contribution is -2.50. The first-order valence-corrected chi connectivity index (χ1v) is 9.72. The Hall–Kier alpha value is -2.10. The number of sulfonamides is 1. The van der Waals surface area contributed by atoms with Crippen LogP contribution in [0.2, 0.25) is 5.02 Å². The van der Waals surface area contributed by atoms with Gasteiger partial charge in [-0.1, -0.05) is 17.7 Å². The van der Waals surface area contributed by atoms with E-state index in [1.54, 1.807) is 0 Å². The van der Waals surface area contributed by atoms with E-state index >= 15 is 0 Å². The zero-order chi connectivity index (χ0) is 19.8. The van der Waals surface area contributed by atoms with Crippen molar-refractivity contribution in [2.75, 3.05) is 26.2 Å². The summed E-state index contributed by atoms with van der Waals surface area (Å²) in [5, 5.41) is -0.0385. The minimum absolute atomic E-state index is 0.0223. The third-order valence-electron chi connectivity index (χ3n) is 4.21. The lowest BCUT2D eigenvalue weighted by molar-refractivity contribution is 0.0693. The Morgan fingerprint density at radius 1 is 0.963 bits per heavy atom. The van der Waals surface area contributed by atoms with Crippen molar-refractivity contribution in [1.29, 1.82) is 0 Å². The number of nitrogens with zero attached hydrogens (tertiary/aromatic N) is 2. The first kappa shape index (κ1) is 19.7. The van der Waals surface area contributed by atoms with Gasteiger partial charge in [0.15, 0.2) is 0 Å². The van der Waals surface area contributed by atoms with Gasteiger partial charge in [0.2, 0.25) is 10.0 Å². The molecule has 0 saturated carbocycles. The Morgan fingerprint density at radius 2 is 1.63 bits per heavy atom. The van der Waals surface area contributed by atoms with Crippen molar-refractivity contribution in [2.24, 2.45) is 0 Å². The van der Waals surface area contributed by atoms with Crippen molar-refractivity contribution in [2.45, 2.75) is 4.90 Å². The largest absolute Gasteiger partial charge is 0.336 e. The standard InChI is InChI=1S/C17H14ClF3N2O3S/c18-12-2-1-3-13(20)16(12)17(24)22-6-8-23(9-7-22)27(25,26)15-5-4-11(19)10-14(15)21/h1-5,10H,6-9H2. The topological polar surface area (TPSA) is 57.7 Å². The number of rotatable bonds is 3. The molecule has 0 aromatic heterocycles. The third-order valence-corrected chi connectivity index (χ3v) is 6.46. The van der Waals surface area contributed by atoms with Crippen LogP contribution in [0.5, 0.6) is 0 Å².